The maximum absolute atomic E-state index is 10.6. The van der Waals surface area contributed by atoms with Gasteiger partial charge in [-0.3, -0.25) is 9.46 Å². The molecule has 0 amide bonds. The molecule has 1 aliphatic heterocycles. The first-order chi connectivity index (χ1) is 5.90. The first-order valence-electron chi connectivity index (χ1n) is 3.53. The molecule has 3 N–H and O–H groups in total. The molecule has 8 heteroatoms. The Bertz CT molecular complexity index is 253. The molecule has 13 heavy (non-hydrogen) atoms. The summed E-state index contributed by atoms with van der Waals surface area (Å²) in [5, 5.41) is 7.85. The predicted molar refractivity (Wildman–Crippen MR) is 47.5 cm³/mol. The number of hydrogen-bond donors (Lipinski definition) is 3. The van der Waals surface area contributed by atoms with Crippen molar-refractivity contribution in [1.82, 2.24) is 4.90 Å². The summed E-state index contributed by atoms with van der Waals surface area (Å²) in [4.78, 5) is 29.2. The van der Waals surface area contributed by atoms with Crippen molar-refractivity contribution in [2.45, 2.75) is 5.37 Å². The summed E-state index contributed by atoms with van der Waals surface area (Å²) in [5.41, 5.74) is 0. The Morgan fingerprint density at radius 1 is 1.62 bits per heavy atom. The lowest BCUT2D eigenvalue weighted by molar-refractivity contribution is -0.139. The Kier molecular flexibility index (Phi) is 3.37. The second-order valence-electron chi connectivity index (χ2n) is 2.68. The molecule has 0 radical (unpaired) electrons. The molecule has 0 saturated carbocycles. The Hall–Kier alpha value is -0.0700. The summed E-state index contributed by atoms with van der Waals surface area (Å²) in [5.74, 6) is -0.451. The summed E-state index contributed by atoms with van der Waals surface area (Å²) in [6.07, 6.45) is -0.475. The van der Waals surface area contributed by atoms with E-state index in [1.54, 1.807) is 0 Å². The summed E-state index contributed by atoms with van der Waals surface area (Å²) in [7, 11) is -4.14. The van der Waals surface area contributed by atoms with Crippen molar-refractivity contribution in [1.29, 1.82) is 0 Å². The van der Waals surface area contributed by atoms with Crippen molar-refractivity contribution in [3.05, 3.63) is 0 Å². The molecule has 0 aliphatic carbocycles. The van der Waals surface area contributed by atoms with Crippen LogP contribution in [-0.4, -0.2) is 49.7 Å². The fourth-order valence-corrected chi connectivity index (χ4v) is 3.10. The number of nitrogens with zero attached hydrogens (tertiary/aromatic N) is 1. The lowest BCUT2D eigenvalue weighted by Crippen LogP contribution is -2.35. The molecular weight excluding hydrogens is 217 g/mol. The highest BCUT2D eigenvalue weighted by Gasteiger charge is 2.34. The van der Waals surface area contributed by atoms with Crippen molar-refractivity contribution in [2.75, 3.05) is 18.6 Å². The van der Waals surface area contributed by atoms with Crippen LogP contribution in [0.1, 0.15) is 0 Å². The lowest BCUT2D eigenvalue weighted by atomic mass is 10.5. The SMILES string of the molecule is O=C(O)C1SCCN1CP(=O)(O)O. The van der Waals surface area contributed by atoms with Gasteiger partial charge in [0.25, 0.3) is 0 Å². The summed E-state index contributed by atoms with van der Waals surface area (Å²) in [6, 6.07) is 0. The zero-order valence-electron chi connectivity index (χ0n) is 6.66. The molecule has 1 heterocycles. The van der Waals surface area contributed by atoms with Crippen LogP contribution in [0.2, 0.25) is 0 Å². The normalized spacial score (nSPS) is 24.9. The smallest absolute Gasteiger partial charge is 0.339 e. The summed E-state index contributed by atoms with van der Waals surface area (Å²) in [6.45, 7) is 0.409. The van der Waals surface area contributed by atoms with Crippen molar-refractivity contribution in [2.24, 2.45) is 0 Å². The van der Waals surface area contributed by atoms with E-state index < -0.39 is 25.2 Å². The van der Waals surface area contributed by atoms with E-state index in [2.05, 4.69) is 0 Å². The van der Waals surface area contributed by atoms with Gasteiger partial charge in [0.15, 0.2) is 5.37 Å². The Morgan fingerprint density at radius 2 is 2.23 bits per heavy atom. The molecule has 0 aromatic heterocycles. The molecule has 76 valence electrons. The minimum Gasteiger partial charge on any atom is -0.479 e. The first kappa shape index (κ1) is 11.0. The number of carboxylic acid groups (broad SMARTS) is 1. The largest absolute Gasteiger partial charge is 0.479 e. The van der Waals surface area contributed by atoms with Crippen molar-refractivity contribution < 1.29 is 24.3 Å². The lowest BCUT2D eigenvalue weighted by Gasteiger charge is -2.19. The van der Waals surface area contributed by atoms with E-state index >= 15 is 0 Å². The van der Waals surface area contributed by atoms with E-state index in [0.29, 0.717) is 12.3 Å². The third-order valence-corrected chi connectivity index (χ3v) is 3.53. The average molecular weight is 227 g/mol. The second kappa shape index (κ2) is 3.98. The third-order valence-electron chi connectivity index (χ3n) is 1.56. The molecule has 1 rings (SSSR count). The molecule has 1 unspecified atom stereocenters. The zero-order chi connectivity index (χ0) is 10.1. The number of rotatable bonds is 3. The minimum absolute atomic E-state index is 0.409. The highest BCUT2D eigenvalue weighted by atomic mass is 32.2. The van der Waals surface area contributed by atoms with E-state index in [1.807, 2.05) is 0 Å². The van der Waals surface area contributed by atoms with Gasteiger partial charge in [0.05, 0.1) is 0 Å². The van der Waals surface area contributed by atoms with Crippen LogP contribution in [-0.2, 0) is 9.36 Å². The van der Waals surface area contributed by atoms with Gasteiger partial charge >= 0.3 is 13.6 Å². The van der Waals surface area contributed by atoms with Crippen LogP contribution in [0, 0.1) is 0 Å². The predicted octanol–water partition coefficient (Wildman–Crippen LogP) is -0.419. The highest BCUT2D eigenvalue weighted by Crippen LogP contribution is 2.38. The van der Waals surface area contributed by atoms with Crippen LogP contribution in [0.5, 0.6) is 0 Å². The summed E-state index contributed by atoms with van der Waals surface area (Å²) < 4.78 is 10.6. The average Bonchev–Trinajstić information content (AvgIpc) is 2.31. The molecule has 1 fully saturated rings. The van der Waals surface area contributed by atoms with Gasteiger partial charge in [0.1, 0.15) is 6.29 Å². The van der Waals surface area contributed by atoms with Crippen LogP contribution in [0.15, 0.2) is 0 Å². The van der Waals surface area contributed by atoms with Crippen molar-refractivity contribution in [3.63, 3.8) is 0 Å². The van der Waals surface area contributed by atoms with E-state index in [9.17, 15) is 9.36 Å². The first-order valence-corrected chi connectivity index (χ1v) is 6.38. The van der Waals surface area contributed by atoms with Crippen molar-refractivity contribution >= 4 is 25.3 Å². The number of carbonyl (C=O) groups is 1. The van der Waals surface area contributed by atoms with Crippen LogP contribution < -0.4 is 0 Å². The van der Waals surface area contributed by atoms with Gasteiger partial charge in [-0.15, -0.1) is 11.8 Å². The van der Waals surface area contributed by atoms with Crippen LogP contribution >= 0.6 is 19.4 Å². The number of thioether (sulfide) groups is 1. The molecule has 6 nitrogen and oxygen atoms in total. The van der Waals surface area contributed by atoms with Gasteiger partial charge in [-0.1, -0.05) is 0 Å². The van der Waals surface area contributed by atoms with Crippen LogP contribution in [0.25, 0.3) is 0 Å². The quantitative estimate of drug-likeness (QED) is 0.563. The number of carboxylic acids is 1. The van der Waals surface area contributed by atoms with E-state index in [1.165, 1.54) is 16.7 Å². The molecule has 1 saturated heterocycles. The molecular formula is C5H10NO5PS. The molecule has 1 atom stereocenters. The molecule has 0 spiro atoms. The van der Waals surface area contributed by atoms with Crippen molar-refractivity contribution in [3.8, 4) is 0 Å². The van der Waals surface area contributed by atoms with Crippen LogP contribution in [0.3, 0.4) is 0 Å². The summed E-state index contributed by atoms with van der Waals surface area (Å²) >= 11 is 1.18. The van der Waals surface area contributed by atoms with Gasteiger partial charge in [-0.2, -0.15) is 0 Å². The van der Waals surface area contributed by atoms with Gasteiger partial charge < -0.3 is 14.9 Å². The Morgan fingerprint density at radius 3 is 2.69 bits per heavy atom. The second-order valence-corrected chi connectivity index (χ2v) is 5.48. The van der Waals surface area contributed by atoms with E-state index in [-0.39, 0.29) is 0 Å². The van der Waals surface area contributed by atoms with Gasteiger partial charge in [-0.05, 0) is 0 Å². The fourth-order valence-electron chi connectivity index (χ4n) is 1.11. The third kappa shape index (κ3) is 3.28. The standard InChI is InChI=1S/C5H10NO5PS/c7-5(8)4-6(1-2-13-4)3-12(9,10)11/h4H,1-3H2,(H,7,8)(H2,9,10,11). The maximum atomic E-state index is 10.6. The van der Waals surface area contributed by atoms with Gasteiger partial charge in [0, 0.05) is 12.3 Å². The van der Waals surface area contributed by atoms with Gasteiger partial charge in [0.2, 0.25) is 0 Å². The van der Waals surface area contributed by atoms with E-state index in [4.69, 9.17) is 14.9 Å². The topological polar surface area (TPSA) is 98.1 Å². The maximum Gasteiger partial charge on any atom is 0.339 e. The fraction of sp³-hybridized carbons (Fsp3) is 0.800. The molecule has 1 aliphatic rings. The number of hydrogen-bond acceptors (Lipinski definition) is 4. The van der Waals surface area contributed by atoms with Gasteiger partial charge in [-0.25, -0.2) is 4.79 Å². The van der Waals surface area contributed by atoms with Crippen LogP contribution in [0.4, 0.5) is 0 Å². The number of aliphatic carboxylic acids is 1. The zero-order valence-corrected chi connectivity index (χ0v) is 8.37. The Labute approximate surface area is 79.1 Å². The molecule has 0 bridgehead atoms. The highest BCUT2D eigenvalue weighted by molar-refractivity contribution is 8.00. The molecule has 0 aromatic carbocycles. The van der Waals surface area contributed by atoms with E-state index in [0.717, 1.165) is 0 Å². The minimum atomic E-state index is -4.14. The Balaban J connectivity index is 2.59. The monoisotopic (exact) mass is 227 g/mol. The molecule has 0 aromatic rings.